The van der Waals surface area contributed by atoms with E-state index in [0.717, 1.165) is 11.0 Å². The van der Waals surface area contributed by atoms with Gasteiger partial charge in [-0.05, 0) is 24.3 Å². The van der Waals surface area contributed by atoms with Crippen LogP contribution in [0.4, 0.5) is 5.69 Å². The highest BCUT2D eigenvalue weighted by Crippen LogP contribution is 2.16. The van der Waals surface area contributed by atoms with Crippen LogP contribution in [0.25, 0.3) is 16.8 Å². The topological polar surface area (TPSA) is 90.6 Å². The molecular formula is C19H17N5O3. The van der Waals surface area contributed by atoms with E-state index in [1.54, 1.807) is 31.5 Å². The zero-order chi connectivity index (χ0) is 18.6. The number of nitrogens with zero attached hydrogens (tertiary/aromatic N) is 4. The summed E-state index contributed by atoms with van der Waals surface area (Å²) in [6.45, 7) is 0.898. The van der Waals surface area contributed by atoms with E-state index in [2.05, 4.69) is 20.3 Å². The van der Waals surface area contributed by atoms with Gasteiger partial charge < -0.3 is 14.8 Å². The van der Waals surface area contributed by atoms with E-state index >= 15 is 0 Å². The van der Waals surface area contributed by atoms with Crippen LogP contribution in [0.3, 0.4) is 0 Å². The number of methoxy groups -OCH3 is 1. The monoisotopic (exact) mass is 363 g/mol. The maximum absolute atomic E-state index is 12.5. The molecule has 4 aromatic rings. The largest absolute Gasteiger partial charge is 0.475 e. The molecule has 0 aliphatic rings. The first-order valence-electron chi connectivity index (χ1n) is 8.37. The van der Waals surface area contributed by atoms with Gasteiger partial charge in [0, 0.05) is 19.4 Å². The van der Waals surface area contributed by atoms with Gasteiger partial charge in [-0.15, -0.1) is 0 Å². The molecule has 8 nitrogen and oxygen atoms in total. The molecule has 0 radical (unpaired) electrons. The third-order valence-electron chi connectivity index (χ3n) is 3.94. The molecule has 0 aliphatic heterocycles. The lowest BCUT2D eigenvalue weighted by atomic mass is 10.3. The van der Waals surface area contributed by atoms with Gasteiger partial charge in [0.05, 0.1) is 29.5 Å². The Kier molecular flexibility index (Phi) is 4.63. The first-order chi connectivity index (χ1) is 13.2. The van der Waals surface area contributed by atoms with Gasteiger partial charge >= 0.3 is 0 Å². The van der Waals surface area contributed by atoms with Gasteiger partial charge in [0.15, 0.2) is 0 Å². The van der Waals surface area contributed by atoms with Crippen molar-refractivity contribution in [2.75, 3.05) is 25.6 Å². The van der Waals surface area contributed by atoms with Crippen molar-refractivity contribution in [2.24, 2.45) is 0 Å². The van der Waals surface area contributed by atoms with E-state index in [0.29, 0.717) is 30.6 Å². The zero-order valence-corrected chi connectivity index (χ0v) is 14.6. The Labute approximate surface area is 154 Å². The summed E-state index contributed by atoms with van der Waals surface area (Å²) < 4.78 is 12.2. The van der Waals surface area contributed by atoms with Gasteiger partial charge in [-0.25, -0.2) is 15.0 Å². The third kappa shape index (κ3) is 3.56. The molecule has 1 amide bonds. The maximum atomic E-state index is 12.5. The first kappa shape index (κ1) is 16.9. The van der Waals surface area contributed by atoms with Crippen LogP contribution in [0.15, 0.2) is 54.9 Å². The van der Waals surface area contributed by atoms with Crippen LogP contribution >= 0.6 is 0 Å². The van der Waals surface area contributed by atoms with Crippen molar-refractivity contribution in [3.63, 3.8) is 0 Å². The number of carbonyl (C=O) groups excluding carboxylic acids is 1. The Morgan fingerprint density at radius 2 is 2.00 bits per heavy atom. The number of para-hydroxylation sites is 2. The van der Waals surface area contributed by atoms with Crippen molar-refractivity contribution in [3.8, 4) is 5.88 Å². The second-order valence-corrected chi connectivity index (χ2v) is 5.76. The second-order valence-electron chi connectivity index (χ2n) is 5.76. The molecule has 0 saturated carbocycles. The predicted molar refractivity (Wildman–Crippen MR) is 100 cm³/mol. The van der Waals surface area contributed by atoms with Crippen LogP contribution in [-0.4, -0.2) is 45.6 Å². The van der Waals surface area contributed by atoms with Crippen molar-refractivity contribution in [3.05, 3.63) is 60.6 Å². The van der Waals surface area contributed by atoms with Crippen molar-refractivity contribution in [1.82, 2.24) is 19.4 Å². The number of fused-ring (bicyclic) bond motifs is 3. The molecule has 0 saturated heterocycles. The van der Waals surface area contributed by atoms with Crippen molar-refractivity contribution >= 4 is 28.4 Å². The minimum Gasteiger partial charge on any atom is -0.475 e. The van der Waals surface area contributed by atoms with Gasteiger partial charge in [-0.3, -0.25) is 9.20 Å². The van der Waals surface area contributed by atoms with Crippen LogP contribution in [-0.2, 0) is 4.74 Å². The number of imidazole rings is 1. The lowest BCUT2D eigenvalue weighted by molar-refractivity contribution is 0.102. The number of ether oxygens (including phenoxy) is 2. The molecule has 8 heteroatoms. The van der Waals surface area contributed by atoms with E-state index in [9.17, 15) is 4.79 Å². The van der Waals surface area contributed by atoms with E-state index in [-0.39, 0.29) is 11.6 Å². The fourth-order valence-electron chi connectivity index (χ4n) is 2.64. The molecule has 0 unspecified atom stereocenters. The predicted octanol–water partition coefficient (Wildman–Crippen LogP) is 2.56. The van der Waals surface area contributed by atoms with Gasteiger partial charge in [-0.2, -0.15) is 0 Å². The molecular weight excluding hydrogens is 346 g/mol. The lowest BCUT2D eigenvalue weighted by Crippen LogP contribution is -2.14. The number of amides is 1. The zero-order valence-electron chi connectivity index (χ0n) is 14.6. The highest BCUT2D eigenvalue weighted by molar-refractivity contribution is 6.03. The van der Waals surface area contributed by atoms with Gasteiger partial charge in [0.25, 0.3) is 5.91 Å². The number of nitrogens with one attached hydrogen (secondary N) is 1. The smallest absolute Gasteiger partial charge is 0.274 e. The maximum Gasteiger partial charge on any atom is 0.274 e. The summed E-state index contributed by atoms with van der Waals surface area (Å²) in [5.74, 6) is 0.608. The minimum atomic E-state index is -0.334. The second kappa shape index (κ2) is 7.38. The molecule has 136 valence electrons. The van der Waals surface area contributed by atoms with E-state index < -0.39 is 0 Å². The molecule has 0 atom stereocenters. The number of hydrogen-bond donors (Lipinski definition) is 1. The fraction of sp³-hybridized carbons (Fsp3) is 0.158. The number of rotatable bonds is 6. The molecule has 0 aliphatic carbocycles. The van der Waals surface area contributed by atoms with E-state index in [1.807, 2.05) is 28.7 Å². The number of carbonyl (C=O) groups is 1. The lowest BCUT2D eigenvalue weighted by Gasteiger charge is -2.07. The minimum absolute atomic E-state index is 0.276. The number of aromatic nitrogens is 4. The summed E-state index contributed by atoms with van der Waals surface area (Å²) in [6, 6.07) is 12.8. The van der Waals surface area contributed by atoms with Gasteiger partial charge in [0.2, 0.25) is 11.7 Å². The van der Waals surface area contributed by atoms with Crippen LogP contribution in [0.1, 0.15) is 10.5 Å². The molecule has 0 fully saturated rings. The molecule has 1 N–H and O–H groups in total. The van der Waals surface area contributed by atoms with E-state index in [1.165, 1.54) is 6.20 Å². The number of anilines is 1. The van der Waals surface area contributed by atoms with Gasteiger partial charge in [0.1, 0.15) is 12.3 Å². The van der Waals surface area contributed by atoms with Crippen molar-refractivity contribution < 1.29 is 14.3 Å². The number of pyridine rings is 1. The molecule has 0 bridgehead atoms. The standard InChI is InChI=1S/C19H17N5O3/c1-26-10-11-27-17-7-6-13(12-20-17)21-18(25)15-8-9-24-16-5-3-2-4-14(16)22-19(24)23-15/h2-9,12H,10-11H2,1H3,(H,21,25). The Balaban J connectivity index is 1.50. The molecule has 27 heavy (non-hydrogen) atoms. The van der Waals surface area contributed by atoms with Crippen LogP contribution in [0.5, 0.6) is 5.88 Å². The Hall–Kier alpha value is -3.52. The number of hydrogen-bond acceptors (Lipinski definition) is 6. The van der Waals surface area contributed by atoms with Crippen molar-refractivity contribution in [2.45, 2.75) is 0 Å². The summed E-state index contributed by atoms with van der Waals surface area (Å²) in [5.41, 5.74) is 2.60. The summed E-state index contributed by atoms with van der Waals surface area (Å²) in [6.07, 6.45) is 3.32. The highest BCUT2D eigenvalue weighted by Gasteiger charge is 2.12. The molecule has 4 rings (SSSR count). The number of benzene rings is 1. The summed E-state index contributed by atoms with van der Waals surface area (Å²) in [7, 11) is 1.60. The van der Waals surface area contributed by atoms with Crippen LogP contribution in [0, 0.1) is 0 Å². The van der Waals surface area contributed by atoms with Gasteiger partial charge in [-0.1, -0.05) is 12.1 Å². The fourth-order valence-corrected chi connectivity index (χ4v) is 2.64. The normalized spacial score (nSPS) is 11.0. The third-order valence-corrected chi connectivity index (χ3v) is 3.94. The molecule has 3 aromatic heterocycles. The average molecular weight is 363 g/mol. The Bertz CT molecular complexity index is 1090. The first-order valence-corrected chi connectivity index (χ1v) is 8.37. The Morgan fingerprint density at radius 3 is 2.81 bits per heavy atom. The average Bonchev–Trinajstić information content (AvgIpc) is 3.07. The summed E-state index contributed by atoms with van der Waals surface area (Å²) >= 11 is 0. The van der Waals surface area contributed by atoms with Crippen LogP contribution in [0.2, 0.25) is 0 Å². The Morgan fingerprint density at radius 1 is 1.11 bits per heavy atom. The summed E-state index contributed by atoms with van der Waals surface area (Å²) in [4.78, 5) is 25.4. The SMILES string of the molecule is COCCOc1ccc(NC(=O)c2ccn3c(n2)nc2ccccc23)cn1. The molecule has 1 aromatic carbocycles. The van der Waals surface area contributed by atoms with Crippen molar-refractivity contribution in [1.29, 1.82) is 0 Å². The molecule has 3 heterocycles. The molecule has 0 spiro atoms. The van der Waals surface area contributed by atoms with Crippen LogP contribution < -0.4 is 10.1 Å². The highest BCUT2D eigenvalue weighted by atomic mass is 16.5. The quantitative estimate of drug-likeness (QED) is 0.530. The summed E-state index contributed by atoms with van der Waals surface area (Å²) in [5, 5.41) is 2.77. The van der Waals surface area contributed by atoms with E-state index in [4.69, 9.17) is 9.47 Å².